The first-order valence-corrected chi connectivity index (χ1v) is 20.2. The zero-order chi connectivity index (χ0) is 43.4. The molecule has 332 valence electrons. The Morgan fingerprint density at radius 3 is 2.07 bits per heavy atom. The van der Waals surface area contributed by atoms with Crippen molar-refractivity contribution in [3.8, 4) is 0 Å². The number of esters is 1. The first-order valence-electron chi connectivity index (χ1n) is 20.2. The summed E-state index contributed by atoms with van der Waals surface area (Å²) in [6, 6.07) is -0.317. The third kappa shape index (κ3) is 11.2. The lowest BCUT2D eigenvalue weighted by molar-refractivity contribution is -0.319. The molecule has 17 nitrogen and oxygen atoms in total. The number of carboxylic acids is 1. The predicted molar refractivity (Wildman–Crippen MR) is 207 cm³/mol. The van der Waals surface area contributed by atoms with Gasteiger partial charge in [0.2, 0.25) is 6.61 Å². The van der Waals surface area contributed by atoms with Crippen molar-refractivity contribution in [2.75, 3.05) is 34.9 Å². The maximum absolute atomic E-state index is 14.3. The molecule has 57 heavy (non-hydrogen) atoms. The van der Waals surface area contributed by atoms with Crippen LogP contribution in [0.2, 0.25) is 0 Å². The van der Waals surface area contributed by atoms with Gasteiger partial charge in [-0.2, -0.15) is 0 Å². The van der Waals surface area contributed by atoms with Crippen molar-refractivity contribution in [1.82, 2.24) is 4.90 Å². The highest BCUT2D eigenvalue weighted by atomic mass is 16.7. The molecular formula is C40H72N2O15. The van der Waals surface area contributed by atoms with Crippen LogP contribution in [0, 0.1) is 23.7 Å². The van der Waals surface area contributed by atoms with Crippen molar-refractivity contribution in [3.63, 3.8) is 0 Å². The van der Waals surface area contributed by atoms with Gasteiger partial charge in [0.15, 0.2) is 12.6 Å². The lowest BCUT2D eigenvalue weighted by Crippen LogP contribution is -2.61. The van der Waals surface area contributed by atoms with Gasteiger partial charge in [-0.05, 0) is 74.9 Å². The first kappa shape index (κ1) is 49.3. The summed E-state index contributed by atoms with van der Waals surface area (Å²) in [5, 5.41) is 59.9. The SMILES string of the molecule is CC[C@H]1OC(=O)[C@H](C)[C@@H](O[C@H]2C[C@@](C)(OC)[C@@H](O)[C@H](C)O2)[C@H](C)[C@@H](O[C@@H]2O[C@H](C)C[C@H](N(C)C)[C@H]2O)[C@](C)(OC)C[C@@H](C)/C(=N/OCC(=O)O)[C@H](C)[C@@H](O)[C@]1(C)O. The summed E-state index contributed by atoms with van der Waals surface area (Å²) in [5.74, 6) is -5.35. The summed E-state index contributed by atoms with van der Waals surface area (Å²) in [6.07, 6.45) is -9.14. The fourth-order valence-electron chi connectivity index (χ4n) is 8.93. The number of methoxy groups -OCH3 is 2. The number of likely N-dealkylation sites (N-methyl/N-ethyl adjacent to an activating group) is 1. The highest BCUT2D eigenvalue weighted by molar-refractivity contribution is 5.89. The molecule has 3 heterocycles. The number of cyclic esters (lactones) is 1. The number of hydrogen-bond donors (Lipinski definition) is 5. The number of oxime groups is 1. The number of ether oxygens (including phenoxy) is 7. The lowest BCUT2D eigenvalue weighted by Gasteiger charge is -2.50. The van der Waals surface area contributed by atoms with Crippen molar-refractivity contribution in [2.24, 2.45) is 28.8 Å². The van der Waals surface area contributed by atoms with Crippen LogP contribution in [0.1, 0.15) is 94.9 Å². The number of rotatable bonds is 11. The summed E-state index contributed by atoms with van der Waals surface area (Å²) in [7, 11) is 6.72. The Bertz CT molecular complexity index is 1350. The van der Waals surface area contributed by atoms with Crippen LogP contribution in [0.25, 0.3) is 0 Å². The van der Waals surface area contributed by atoms with Crippen molar-refractivity contribution in [2.45, 2.75) is 179 Å². The van der Waals surface area contributed by atoms with Crippen molar-refractivity contribution in [3.05, 3.63) is 0 Å². The van der Waals surface area contributed by atoms with Crippen molar-refractivity contribution < 1.29 is 73.1 Å². The second kappa shape index (κ2) is 20.0. The smallest absolute Gasteiger partial charge is 0.344 e. The van der Waals surface area contributed by atoms with E-state index >= 15 is 0 Å². The van der Waals surface area contributed by atoms with Crippen LogP contribution in [0.3, 0.4) is 0 Å². The molecule has 0 unspecified atom stereocenters. The molecule has 3 saturated heterocycles. The normalized spacial score (nSPS) is 46.3. The standard InChI is InChI=1S/C40H72N2O15/c1-15-27-40(10,49)33(46)22(4)30(41-52-19-28(43)44)20(2)17-39(9,51-14)35(57-37-31(45)26(42(11)12)16-21(3)53-37)23(5)32(24(6)36(48)55-27)56-29-18-38(8,50-13)34(47)25(7)54-29/h20-27,29,31-35,37,45-47,49H,15-19H2,1-14H3,(H,43,44)/b41-30-/t20-,21-,22+,23+,24-,25+,26+,27-,29+,31-,32+,33-,34+,35-,37+,38-,39-,40-/m1/s1. The molecule has 3 aliphatic heterocycles. The molecule has 0 spiro atoms. The molecule has 0 aliphatic carbocycles. The quantitative estimate of drug-likeness (QED) is 0.149. The Morgan fingerprint density at radius 2 is 1.53 bits per heavy atom. The van der Waals surface area contributed by atoms with Gasteiger partial charge in [-0.1, -0.05) is 32.9 Å². The van der Waals surface area contributed by atoms with E-state index < -0.39 is 114 Å². The van der Waals surface area contributed by atoms with Crippen LogP contribution in [0.4, 0.5) is 0 Å². The summed E-state index contributed by atoms with van der Waals surface area (Å²) in [5.41, 5.74) is -4.14. The molecule has 17 heteroatoms. The lowest BCUT2D eigenvalue weighted by atomic mass is 9.73. The molecule has 3 fully saturated rings. The Hall–Kier alpha value is -2.03. The van der Waals surface area contributed by atoms with Gasteiger partial charge >= 0.3 is 11.9 Å². The summed E-state index contributed by atoms with van der Waals surface area (Å²) in [4.78, 5) is 32.9. The second-order valence-electron chi connectivity index (χ2n) is 17.4. The van der Waals surface area contributed by atoms with E-state index in [4.69, 9.17) is 38.0 Å². The first-order chi connectivity index (χ1) is 26.4. The van der Waals surface area contributed by atoms with Gasteiger partial charge < -0.3 is 68.4 Å². The van der Waals surface area contributed by atoms with Gasteiger partial charge in [0.05, 0.1) is 53.4 Å². The van der Waals surface area contributed by atoms with Gasteiger partial charge in [0.1, 0.15) is 23.9 Å². The Labute approximate surface area is 338 Å². The third-order valence-corrected chi connectivity index (χ3v) is 12.7. The minimum atomic E-state index is -2.01. The van der Waals surface area contributed by atoms with E-state index in [-0.39, 0.29) is 37.1 Å². The molecule has 0 bridgehead atoms. The average Bonchev–Trinajstić information content (AvgIpc) is 3.14. The molecule has 18 atom stereocenters. The van der Waals surface area contributed by atoms with E-state index in [1.165, 1.54) is 21.1 Å². The maximum atomic E-state index is 14.3. The monoisotopic (exact) mass is 820 g/mol. The second-order valence-corrected chi connectivity index (χ2v) is 17.4. The van der Waals surface area contributed by atoms with Crippen LogP contribution >= 0.6 is 0 Å². The average molecular weight is 821 g/mol. The van der Waals surface area contributed by atoms with E-state index in [1.54, 1.807) is 41.5 Å². The Kier molecular flexibility index (Phi) is 17.3. The van der Waals surface area contributed by atoms with Gasteiger partial charge in [-0.25, -0.2) is 4.79 Å². The number of hydrogen-bond acceptors (Lipinski definition) is 16. The van der Waals surface area contributed by atoms with Crippen molar-refractivity contribution >= 4 is 17.7 Å². The van der Waals surface area contributed by atoms with Gasteiger partial charge in [0, 0.05) is 44.4 Å². The minimum absolute atomic E-state index is 0.100. The number of nitrogens with zero attached hydrogens (tertiary/aromatic N) is 2. The fraction of sp³-hybridized carbons (Fsp3) is 0.925. The molecular weight excluding hydrogens is 748 g/mol. The molecule has 0 radical (unpaired) electrons. The molecule has 0 saturated carbocycles. The molecule has 0 aromatic rings. The number of carboxylic acid groups (broad SMARTS) is 1. The summed E-state index contributed by atoms with van der Waals surface area (Å²) < 4.78 is 44.3. The highest BCUT2D eigenvalue weighted by Gasteiger charge is 2.54. The molecule has 5 N–H and O–H groups in total. The Morgan fingerprint density at radius 1 is 0.912 bits per heavy atom. The van der Waals surface area contributed by atoms with E-state index in [2.05, 4.69) is 5.16 Å². The number of aliphatic hydroxyl groups excluding tert-OH is 3. The Balaban J connectivity index is 2.29. The predicted octanol–water partition coefficient (Wildman–Crippen LogP) is 2.33. The van der Waals surface area contributed by atoms with Crippen molar-refractivity contribution in [1.29, 1.82) is 0 Å². The van der Waals surface area contributed by atoms with Crippen LogP contribution < -0.4 is 0 Å². The summed E-state index contributed by atoms with van der Waals surface area (Å²) >= 11 is 0. The van der Waals surface area contributed by atoms with Crippen LogP contribution in [-0.4, -0.2) is 167 Å². The van der Waals surface area contributed by atoms with Crippen LogP contribution in [-0.2, 0) is 47.6 Å². The number of carbonyl (C=O) groups excluding carboxylic acids is 1. The van der Waals surface area contributed by atoms with Crippen LogP contribution in [0.5, 0.6) is 0 Å². The fourth-order valence-corrected chi connectivity index (χ4v) is 8.93. The topological polar surface area (TPSA) is 225 Å². The largest absolute Gasteiger partial charge is 0.479 e. The maximum Gasteiger partial charge on any atom is 0.344 e. The molecule has 0 amide bonds. The van der Waals surface area contributed by atoms with E-state index in [1.807, 2.05) is 39.8 Å². The summed E-state index contributed by atoms with van der Waals surface area (Å²) in [6.45, 7) is 16.4. The molecule has 3 rings (SSSR count). The number of aliphatic carboxylic acids is 1. The zero-order valence-electron chi connectivity index (χ0n) is 36.4. The van der Waals surface area contributed by atoms with Gasteiger partial charge in [-0.15, -0.1) is 0 Å². The van der Waals surface area contributed by atoms with Gasteiger partial charge in [-0.3, -0.25) is 4.79 Å². The minimum Gasteiger partial charge on any atom is -0.479 e. The zero-order valence-corrected chi connectivity index (χ0v) is 36.4. The van der Waals surface area contributed by atoms with Crippen LogP contribution in [0.15, 0.2) is 5.16 Å². The molecule has 3 aliphatic rings. The van der Waals surface area contributed by atoms with Gasteiger partial charge in [0.25, 0.3) is 0 Å². The van der Waals surface area contributed by atoms with E-state index in [9.17, 15) is 35.1 Å². The van der Waals surface area contributed by atoms with E-state index in [0.717, 1.165) is 0 Å². The highest BCUT2D eigenvalue weighted by Crippen LogP contribution is 2.42. The number of aliphatic hydroxyl groups is 4. The number of carbonyl (C=O) groups is 2. The van der Waals surface area contributed by atoms with E-state index in [0.29, 0.717) is 6.42 Å². The molecule has 0 aromatic heterocycles. The molecule has 0 aromatic carbocycles. The third-order valence-electron chi connectivity index (χ3n) is 12.7.